The predicted molar refractivity (Wildman–Crippen MR) is 122 cm³/mol. The molecule has 9 heteroatoms. The molecule has 1 aliphatic heterocycles. The minimum Gasteiger partial charge on any atom is -0.302 e. The lowest BCUT2D eigenvalue weighted by molar-refractivity contribution is -0.119. The number of aromatic nitrogens is 1. The molecule has 0 unspecified atom stereocenters. The summed E-state index contributed by atoms with van der Waals surface area (Å²) < 4.78 is 14.8. The third-order valence-electron chi connectivity index (χ3n) is 5.60. The zero-order valence-corrected chi connectivity index (χ0v) is 18.7. The minimum atomic E-state index is -0.488. The monoisotopic (exact) mass is 454 g/mol. The summed E-state index contributed by atoms with van der Waals surface area (Å²) in [5.41, 5.74) is 0.790. The van der Waals surface area contributed by atoms with Crippen molar-refractivity contribution in [3.63, 3.8) is 0 Å². The fraction of sp³-hybridized carbons (Fsp3) is 0.304. The zero-order valence-electron chi connectivity index (χ0n) is 17.9. The number of halogens is 1. The van der Waals surface area contributed by atoms with Gasteiger partial charge in [-0.2, -0.15) is 0 Å². The van der Waals surface area contributed by atoms with E-state index in [0.29, 0.717) is 34.0 Å². The van der Waals surface area contributed by atoms with Crippen LogP contribution in [-0.4, -0.2) is 65.2 Å². The van der Waals surface area contributed by atoms with Crippen molar-refractivity contribution in [3.8, 4) is 0 Å². The van der Waals surface area contributed by atoms with Gasteiger partial charge in [0.2, 0.25) is 5.91 Å². The minimum absolute atomic E-state index is 0.203. The van der Waals surface area contributed by atoms with Gasteiger partial charge < -0.3 is 4.90 Å². The van der Waals surface area contributed by atoms with E-state index in [9.17, 15) is 18.8 Å². The maximum Gasteiger partial charge on any atom is 0.262 e. The molecular formula is C23H23FN4O3S. The molecular weight excluding hydrogens is 431 g/mol. The summed E-state index contributed by atoms with van der Waals surface area (Å²) in [5.74, 6) is -1.87. The summed E-state index contributed by atoms with van der Waals surface area (Å²) in [7, 11) is 0. The molecule has 0 fully saturated rings. The molecule has 0 saturated heterocycles. The second kappa shape index (κ2) is 9.13. The van der Waals surface area contributed by atoms with E-state index in [1.807, 2.05) is 13.8 Å². The zero-order chi connectivity index (χ0) is 22.8. The number of para-hydroxylation sites is 1. The van der Waals surface area contributed by atoms with Crippen molar-refractivity contribution in [1.82, 2.24) is 14.8 Å². The summed E-state index contributed by atoms with van der Waals surface area (Å²) in [5, 5.41) is 0.346. The Morgan fingerprint density at radius 2 is 1.66 bits per heavy atom. The number of benzene rings is 2. The average molecular weight is 455 g/mol. The smallest absolute Gasteiger partial charge is 0.262 e. The van der Waals surface area contributed by atoms with Gasteiger partial charge in [0.05, 0.1) is 15.8 Å². The fourth-order valence-corrected chi connectivity index (χ4v) is 4.75. The quantitative estimate of drug-likeness (QED) is 0.488. The van der Waals surface area contributed by atoms with Crippen LogP contribution in [0.2, 0.25) is 0 Å². The number of carbonyl (C=O) groups excluding carboxylic acids is 3. The predicted octanol–water partition coefficient (Wildman–Crippen LogP) is 3.41. The Bertz CT molecular complexity index is 1160. The number of imide groups is 1. The van der Waals surface area contributed by atoms with Gasteiger partial charge in [0.1, 0.15) is 17.9 Å². The third-order valence-corrected chi connectivity index (χ3v) is 6.64. The molecule has 1 aliphatic rings. The Balaban J connectivity index is 1.62. The molecule has 0 aliphatic carbocycles. The number of amides is 3. The summed E-state index contributed by atoms with van der Waals surface area (Å²) >= 11 is 1.21. The van der Waals surface area contributed by atoms with Crippen LogP contribution in [0.4, 0.5) is 9.52 Å². The van der Waals surface area contributed by atoms with E-state index >= 15 is 0 Å². The van der Waals surface area contributed by atoms with Gasteiger partial charge in [-0.05, 0) is 37.4 Å². The number of fused-ring (bicyclic) bond motifs is 2. The molecule has 3 aromatic rings. The molecule has 32 heavy (non-hydrogen) atoms. The number of carbonyl (C=O) groups is 3. The molecule has 3 amide bonds. The van der Waals surface area contributed by atoms with Crippen molar-refractivity contribution in [2.75, 3.05) is 37.6 Å². The Kier molecular flexibility index (Phi) is 6.29. The SMILES string of the molecule is CCN(CC)CCN(C(=O)CN1C(=O)c2ccccc2C1=O)c1nc2c(F)cccc2s1. The highest BCUT2D eigenvalue weighted by Gasteiger charge is 2.37. The van der Waals surface area contributed by atoms with Crippen molar-refractivity contribution >= 4 is 44.4 Å². The van der Waals surface area contributed by atoms with E-state index in [4.69, 9.17) is 0 Å². The highest BCUT2D eigenvalue weighted by molar-refractivity contribution is 7.22. The van der Waals surface area contributed by atoms with Crippen LogP contribution in [0.5, 0.6) is 0 Å². The summed E-state index contributed by atoms with van der Waals surface area (Å²) in [6, 6.07) is 11.2. The topological polar surface area (TPSA) is 73.8 Å². The van der Waals surface area contributed by atoms with Crippen LogP contribution in [0.15, 0.2) is 42.5 Å². The fourth-order valence-electron chi connectivity index (χ4n) is 3.73. The number of anilines is 1. The number of hydrogen-bond donors (Lipinski definition) is 0. The van der Waals surface area contributed by atoms with Crippen LogP contribution in [0.1, 0.15) is 34.6 Å². The second-order valence-electron chi connectivity index (χ2n) is 7.40. The van der Waals surface area contributed by atoms with E-state index in [1.54, 1.807) is 36.4 Å². The van der Waals surface area contributed by atoms with Crippen molar-refractivity contribution in [1.29, 1.82) is 0 Å². The lowest BCUT2D eigenvalue weighted by atomic mass is 10.1. The number of nitrogens with zero attached hydrogens (tertiary/aromatic N) is 4. The van der Waals surface area contributed by atoms with Crippen molar-refractivity contribution in [2.24, 2.45) is 0 Å². The van der Waals surface area contributed by atoms with Crippen molar-refractivity contribution in [3.05, 3.63) is 59.4 Å². The molecule has 2 heterocycles. The van der Waals surface area contributed by atoms with E-state index < -0.39 is 30.1 Å². The van der Waals surface area contributed by atoms with Crippen LogP contribution in [0.25, 0.3) is 10.2 Å². The number of thiazole rings is 1. The highest BCUT2D eigenvalue weighted by atomic mass is 32.1. The normalized spacial score (nSPS) is 13.3. The first-order chi connectivity index (χ1) is 15.4. The third kappa shape index (κ3) is 4.01. The standard InChI is InChI=1S/C23H23FN4O3S/c1-3-26(4-2)12-13-27(23-25-20-17(24)10-7-11-18(20)32-23)19(29)14-28-21(30)15-8-5-6-9-16(15)22(28)31/h5-11H,3-4,12-14H2,1-2H3. The molecule has 4 rings (SSSR count). The van der Waals surface area contributed by atoms with Crippen LogP contribution < -0.4 is 4.90 Å². The van der Waals surface area contributed by atoms with Crippen LogP contribution in [-0.2, 0) is 4.79 Å². The summed E-state index contributed by atoms with van der Waals surface area (Å²) in [6.45, 7) is 6.17. The first kappa shape index (κ1) is 22.0. The van der Waals surface area contributed by atoms with Gasteiger partial charge in [-0.25, -0.2) is 9.37 Å². The maximum absolute atomic E-state index is 14.2. The number of rotatable bonds is 8. The van der Waals surface area contributed by atoms with E-state index in [0.717, 1.165) is 18.0 Å². The van der Waals surface area contributed by atoms with E-state index in [-0.39, 0.29) is 5.52 Å². The van der Waals surface area contributed by atoms with Gasteiger partial charge in [-0.3, -0.25) is 24.2 Å². The molecule has 0 saturated carbocycles. The van der Waals surface area contributed by atoms with E-state index in [2.05, 4.69) is 9.88 Å². The first-order valence-electron chi connectivity index (χ1n) is 10.5. The Morgan fingerprint density at radius 1 is 1.00 bits per heavy atom. The molecule has 0 atom stereocenters. The molecule has 166 valence electrons. The summed E-state index contributed by atoms with van der Waals surface area (Å²) in [6.07, 6.45) is 0. The summed E-state index contributed by atoms with van der Waals surface area (Å²) in [4.78, 5) is 47.7. The second-order valence-corrected chi connectivity index (χ2v) is 8.41. The van der Waals surface area contributed by atoms with E-state index in [1.165, 1.54) is 22.3 Å². The molecule has 1 aromatic heterocycles. The average Bonchev–Trinajstić information content (AvgIpc) is 3.33. The molecule has 0 bridgehead atoms. The van der Waals surface area contributed by atoms with Crippen LogP contribution in [0.3, 0.4) is 0 Å². The van der Waals surface area contributed by atoms with Gasteiger partial charge in [0, 0.05) is 13.1 Å². The lowest BCUT2D eigenvalue weighted by Crippen LogP contribution is -2.45. The maximum atomic E-state index is 14.2. The van der Waals surface area contributed by atoms with Gasteiger partial charge in [0.15, 0.2) is 5.13 Å². The number of likely N-dealkylation sites (N-methyl/N-ethyl adjacent to an activating group) is 1. The Labute approximate surface area is 189 Å². The van der Waals surface area contributed by atoms with Crippen LogP contribution in [0, 0.1) is 5.82 Å². The lowest BCUT2D eigenvalue weighted by Gasteiger charge is -2.26. The highest BCUT2D eigenvalue weighted by Crippen LogP contribution is 2.31. The molecule has 0 radical (unpaired) electrons. The Morgan fingerprint density at radius 3 is 2.25 bits per heavy atom. The van der Waals surface area contributed by atoms with Crippen molar-refractivity contribution in [2.45, 2.75) is 13.8 Å². The molecule has 0 N–H and O–H groups in total. The molecule has 7 nitrogen and oxygen atoms in total. The van der Waals surface area contributed by atoms with Crippen molar-refractivity contribution < 1.29 is 18.8 Å². The van der Waals surface area contributed by atoms with Gasteiger partial charge >= 0.3 is 0 Å². The molecule has 2 aromatic carbocycles. The largest absolute Gasteiger partial charge is 0.302 e. The first-order valence-corrected chi connectivity index (χ1v) is 11.3. The van der Waals surface area contributed by atoms with Gasteiger partial charge in [-0.1, -0.05) is 43.4 Å². The van der Waals surface area contributed by atoms with Gasteiger partial charge in [-0.15, -0.1) is 0 Å². The Hall–Kier alpha value is -3.17. The molecule has 0 spiro atoms. The number of hydrogen-bond acceptors (Lipinski definition) is 6. The van der Waals surface area contributed by atoms with Crippen LogP contribution >= 0.6 is 11.3 Å². The van der Waals surface area contributed by atoms with Gasteiger partial charge in [0.25, 0.3) is 11.8 Å².